The Kier molecular flexibility index (Phi) is 7.44. The van der Waals surface area contributed by atoms with Crippen LogP contribution in [-0.4, -0.2) is 22.3 Å². The summed E-state index contributed by atoms with van der Waals surface area (Å²) in [5, 5.41) is 0. The molecule has 0 spiro atoms. The van der Waals surface area contributed by atoms with Crippen LogP contribution in [0.1, 0.15) is 52.4 Å². The van der Waals surface area contributed by atoms with Crippen LogP contribution in [0.25, 0.3) is 0 Å². The second-order valence-electron chi connectivity index (χ2n) is 6.34. The van der Waals surface area contributed by atoms with E-state index in [0.29, 0.717) is 5.92 Å². The number of unbranched alkanes of at least 4 members (excludes halogenated alkanes) is 5. The molecule has 2 atom stereocenters. The maximum atomic E-state index is 6.01. The van der Waals surface area contributed by atoms with Gasteiger partial charge in [0, 0.05) is 18.9 Å². The average Bonchev–Trinajstić information content (AvgIpc) is 3.01. The van der Waals surface area contributed by atoms with Crippen LogP contribution >= 0.6 is 0 Å². The van der Waals surface area contributed by atoms with Crippen molar-refractivity contribution in [3.8, 4) is 0 Å². The zero-order chi connectivity index (χ0) is 15.6. The Morgan fingerprint density at radius 2 is 2.18 bits per heavy atom. The number of nitrogens with zero attached hydrogens (tertiary/aromatic N) is 2. The molecule has 3 heteroatoms. The lowest BCUT2D eigenvalue weighted by Gasteiger charge is -2.26. The Morgan fingerprint density at radius 1 is 1.32 bits per heavy atom. The monoisotopic (exact) mass is 302 g/mol. The van der Waals surface area contributed by atoms with Gasteiger partial charge in [-0.2, -0.15) is 0 Å². The van der Waals surface area contributed by atoms with Crippen LogP contribution in [0.2, 0.25) is 0 Å². The Morgan fingerprint density at radius 3 is 2.95 bits per heavy atom. The molecule has 0 N–H and O–H groups in total. The summed E-state index contributed by atoms with van der Waals surface area (Å²) in [7, 11) is 0. The van der Waals surface area contributed by atoms with E-state index >= 15 is 0 Å². The maximum Gasteiger partial charge on any atom is 0.0984 e. The van der Waals surface area contributed by atoms with E-state index in [-0.39, 0.29) is 6.10 Å². The lowest BCUT2D eigenvalue weighted by Crippen LogP contribution is -2.25. The number of rotatable bonds is 9. The summed E-state index contributed by atoms with van der Waals surface area (Å²) in [5.74, 6) is 0.497. The van der Waals surface area contributed by atoms with E-state index < -0.39 is 0 Å². The largest absolute Gasteiger partial charge is 0.369 e. The van der Waals surface area contributed by atoms with Crippen molar-refractivity contribution < 1.29 is 4.74 Å². The van der Waals surface area contributed by atoms with Gasteiger partial charge in [0.25, 0.3) is 0 Å². The molecule has 0 unspecified atom stereocenters. The van der Waals surface area contributed by atoms with Crippen molar-refractivity contribution in [1.29, 1.82) is 0 Å². The van der Waals surface area contributed by atoms with Gasteiger partial charge >= 0.3 is 0 Å². The summed E-state index contributed by atoms with van der Waals surface area (Å²) in [6.45, 7) is 6.16. The quantitative estimate of drug-likeness (QED) is 0.486. The molecule has 0 bridgehead atoms. The van der Waals surface area contributed by atoms with Crippen molar-refractivity contribution >= 4 is 0 Å². The highest BCUT2D eigenvalue weighted by molar-refractivity contribution is 5.19. The Balaban J connectivity index is 1.81. The van der Waals surface area contributed by atoms with E-state index in [4.69, 9.17) is 4.74 Å². The summed E-state index contributed by atoms with van der Waals surface area (Å²) in [4.78, 5) is 4.12. The van der Waals surface area contributed by atoms with Gasteiger partial charge in [0.15, 0.2) is 0 Å². The van der Waals surface area contributed by atoms with E-state index in [2.05, 4.69) is 41.6 Å². The van der Waals surface area contributed by atoms with Gasteiger partial charge in [-0.1, -0.05) is 57.8 Å². The van der Waals surface area contributed by atoms with E-state index in [1.807, 2.05) is 18.7 Å². The smallest absolute Gasteiger partial charge is 0.0984 e. The standard InChI is InChI=1S/C19H30N2O/c1-3-4-5-6-7-8-9-10-19-18(13-17(2)15-22-19)14-21-12-11-20-16-21/h9-13,16-17,19H,3-8,14-15H2,1-2H3/t17-,19+/m1/s1. The van der Waals surface area contributed by atoms with E-state index in [0.717, 1.165) is 19.6 Å². The fraction of sp³-hybridized carbons (Fsp3) is 0.632. The maximum absolute atomic E-state index is 6.01. The van der Waals surface area contributed by atoms with Crippen LogP contribution in [0.15, 0.2) is 42.5 Å². The van der Waals surface area contributed by atoms with Crippen molar-refractivity contribution in [2.24, 2.45) is 5.92 Å². The van der Waals surface area contributed by atoms with E-state index in [1.54, 1.807) is 0 Å². The van der Waals surface area contributed by atoms with E-state index in [1.165, 1.54) is 37.7 Å². The number of imidazole rings is 1. The summed E-state index contributed by atoms with van der Waals surface area (Å²) < 4.78 is 8.12. The molecule has 0 saturated heterocycles. The molecule has 1 aromatic rings. The Labute approximate surface area is 135 Å². The van der Waals surface area contributed by atoms with Gasteiger partial charge in [0.05, 0.1) is 19.0 Å². The predicted molar refractivity (Wildman–Crippen MR) is 91.7 cm³/mol. The summed E-state index contributed by atoms with van der Waals surface area (Å²) in [5.41, 5.74) is 1.35. The molecule has 1 aromatic heterocycles. The molecule has 22 heavy (non-hydrogen) atoms. The molecule has 1 aliphatic heterocycles. The normalized spacial score (nSPS) is 22.2. The molecule has 2 heterocycles. The molecule has 0 aromatic carbocycles. The molecule has 2 rings (SSSR count). The fourth-order valence-corrected chi connectivity index (χ4v) is 2.87. The molecule has 0 aliphatic carbocycles. The van der Waals surface area contributed by atoms with Crippen molar-refractivity contribution in [3.63, 3.8) is 0 Å². The zero-order valence-corrected chi connectivity index (χ0v) is 14.1. The minimum absolute atomic E-state index is 0.134. The summed E-state index contributed by atoms with van der Waals surface area (Å²) in [6.07, 6.45) is 20.6. The van der Waals surface area contributed by atoms with Gasteiger partial charge in [-0.05, 0) is 24.3 Å². The van der Waals surface area contributed by atoms with Crippen molar-refractivity contribution in [1.82, 2.24) is 9.55 Å². The van der Waals surface area contributed by atoms with Crippen LogP contribution in [0.5, 0.6) is 0 Å². The minimum atomic E-state index is 0.134. The highest BCUT2D eigenvalue weighted by Crippen LogP contribution is 2.21. The Hall–Kier alpha value is -1.35. The minimum Gasteiger partial charge on any atom is -0.369 e. The molecule has 1 aliphatic rings. The predicted octanol–water partition coefficient (Wildman–Crippen LogP) is 4.76. The first-order chi connectivity index (χ1) is 10.8. The van der Waals surface area contributed by atoms with Crippen molar-refractivity contribution in [2.45, 2.75) is 65.0 Å². The fourth-order valence-electron chi connectivity index (χ4n) is 2.87. The van der Waals surface area contributed by atoms with Crippen LogP contribution < -0.4 is 0 Å². The Bertz CT molecular complexity index is 462. The van der Waals surface area contributed by atoms with Crippen LogP contribution in [0.3, 0.4) is 0 Å². The molecular formula is C19H30N2O. The van der Waals surface area contributed by atoms with Crippen molar-refractivity contribution in [3.05, 3.63) is 42.5 Å². The number of hydrogen-bond donors (Lipinski definition) is 0. The van der Waals surface area contributed by atoms with Crippen LogP contribution in [0, 0.1) is 5.92 Å². The number of allylic oxidation sites excluding steroid dienone is 1. The van der Waals surface area contributed by atoms with E-state index in [9.17, 15) is 0 Å². The highest BCUT2D eigenvalue weighted by atomic mass is 16.5. The number of hydrogen-bond acceptors (Lipinski definition) is 2. The van der Waals surface area contributed by atoms with Gasteiger partial charge in [0.1, 0.15) is 0 Å². The molecule has 3 nitrogen and oxygen atoms in total. The summed E-state index contributed by atoms with van der Waals surface area (Å²) >= 11 is 0. The lowest BCUT2D eigenvalue weighted by molar-refractivity contribution is 0.0753. The molecular weight excluding hydrogens is 272 g/mol. The molecule has 0 fully saturated rings. The van der Waals surface area contributed by atoms with Gasteiger partial charge in [-0.3, -0.25) is 0 Å². The third-order valence-electron chi connectivity index (χ3n) is 4.11. The third-order valence-corrected chi connectivity index (χ3v) is 4.11. The molecule has 0 saturated carbocycles. The molecule has 0 amide bonds. The van der Waals surface area contributed by atoms with Crippen LogP contribution in [-0.2, 0) is 11.3 Å². The van der Waals surface area contributed by atoms with Crippen LogP contribution in [0.4, 0.5) is 0 Å². The first-order valence-electron chi connectivity index (χ1n) is 8.74. The van der Waals surface area contributed by atoms with Crippen molar-refractivity contribution in [2.75, 3.05) is 6.61 Å². The zero-order valence-electron chi connectivity index (χ0n) is 14.1. The molecule has 122 valence electrons. The third kappa shape index (κ3) is 5.80. The number of aromatic nitrogens is 2. The van der Waals surface area contributed by atoms with Gasteiger partial charge < -0.3 is 9.30 Å². The average molecular weight is 302 g/mol. The van der Waals surface area contributed by atoms with Gasteiger partial charge in [-0.25, -0.2) is 4.98 Å². The second-order valence-corrected chi connectivity index (χ2v) is 6.34. The SMILES string of the molecule is CCCCCCCC=C[C@@H]1OC[C@H](C)C=C1Cn1ccnc1. The first kappa shape index (κ1) is 17.0. The van der Waals surface area contributed by atoms with Gasteiger partial charge in [-0.15, -0.1) is 0 Å². The topological polar surface area (TPSA) is 27.1 Å². The summed E-state index contributed by atoms with van der Waals surface area (Å²) in [6, 6.07) is 0. The lowest BCUT2D eigenvalue weighted by atomic mass is 9.99. The van der Waals surface area contributed by atoms with Gasteiger partial charge in [0.2, 0.25) is 0 Å². The number of ether oxygens (including phenoxy) is 1. The molecule has 0 radical (unpaired) electrons. The second kappa shape index (κ2) is 9.62. The first-order valence-corrected chi connectivity index (χ1v) is 8.74. The highest BCUT2D eigenvalue weighted by Gasteiger charge is 2.19.